The van der Waals surface area contributed by atoms with Gasteiger partial charge in [-0.15, -0.1) is 0 Å². The Morgan fingerprint density at radius 3 is 2.18 bits per heavy atom. The summed E-state index contributed by atoms with van der Waals surface area (Å²) in [5.41, 5.74) is 3.17. The number of hydrogen-bond acceptors (Lipinski definition) is 2. The molecule has 5 nitrogen and oxygen atoms in total. The van der Waals surface area contributed by atoms with Crippen LogP contribution in [0.25, 0.3) is 0 Å². The average molecular weight is 435 g/mol. The molecule has 1 heterocycles. The van der Waals surface area contributed by atoms with E-state index in [9.17, 15) is 8.76 Å². The van der Waals surface area contributed by atoms with Crippen molar-refractivity contribution in [2.45, 2.75) is 18.7 Å². The molecule has 0 amide bonds. The van der Waals surface area contributed by atoms with Gasteiger partial charge in [0.1, 0.15) is 15.7 Å². The molecule has 3 rings (SSSR count). The highest BCUT2D eigenvalue weighted by atomic mass is 35.5. The van der Waals surface area contributed by atoms with Crippen LogP contribution in [0.5, 0.6) is 0 Å². The van der Waals surface area contributed by atoms with Gasteiger partial charge in [-0.05, 0) is 42.3 Å². The van der Waals surface area contributed by atoms with Crippen LogP contribution >= 0.6 is 23.2 Å². The topological polar surface area (TPSA) is 67.2 Å². The molecular weight excluding hydrogens is 417 g/mol. The Labute approximate surface area is 175 Å². The van der Waals surface area contributed by atoms with Gasteiger partial charge in [-0.2, -0.15) is 14.4 Å². The summed E-state index contributed by atoms with van der Waals surface area (Å²) in [4.78, 5) is -0.0799. The lowest BCUT2D eigenvalue weighted by Crippen LogP contribution is -2.22. The van der Waals surface area contributed by atoms with Gasteiger partial charge in [0.05, 0.1) is 11.4 Å². The molecule has 0 aliphatic rings. The summed E-state index contributed by atoms with van der Waals surface area (Å²) in [6, 6.07) is 12.5. The second-order valence-corrected chi connectivity index (χ2v) is 8.66. The maximum absolute atomic E-state index is 13.0. The van der Waals surface area contributed by atoms with Crippen LogP contribution in [0, 0.1) is 25.7 Å². The van der Waals surface area contributed by atoms with E-state index in [2.05, 4.69) is 21.7 Å². The van der Waals surface area contributed by atoms with Gasteiger partial charge in [-0.1, -0.05) is 53.2 Å². The van der Waals surface area contributed by atoms with Gasteiger partial charge in [0, 0.05) is 18.2 Å². The molecule has 3 aromatic rings. The summed E-state index contributed by atoms with van der Waals surface area (Å²) in [5, 5.41) is 4.35. The summed E-state index contributed by atoms with van der Waals surface area (Å²) in [7, 11) is -2.00. The Morgan fingerprint density at radius 1 is 1.07 bits per heavy atom. The molecule has 0 saturated carbocycles. The SMILES string of the molecule is Cc1nn(C)c(C)c1N[S+](=O)(O)c1c(Cl)cc(C#Cc2ccccc2)cc1Cl. The minimum absolute atomic E-state index is 0.0593. The lowest BCUT2D eigenvalue weighted by molar-refractivity contribution is 0.503. The van der Waals surface area contributed by atoms with Crippen molar-refractivity contribution in [3.63, 3.8) is 0 Å². The van der Waals surface area contributed by atoms with E-state index in [-0.39, 0.29) is 14.9 Å². The highest BCUT2D eigenvalue weighted by molar-refractivity contribution is 7.99. The molecule has 144 valence electrons. The van der Waals surface area contributed by atoms with Crippen molar-refractivity contribution in [3.8, 4) is 11.8 Å². The third-order valence-corrected chi connectivity index (χ3v) is 6.44. The highest BCUT2D eigenvalue weighted by Gasteiger charge is 2.37. The van der Waals surface area contributed by atoms with Gasteiger partial charge in [-0.3, -0.25) is 4.68 Å². The van der Waals surface area contributed by atoms with Crippen molar-refractivity contribution in [2.24, 2.45) is 7.05 Å². The standard InChI is InChI=1S/C20H17Cl2N3O2S/c1-13-19(14(2)25(3)23-13)24-28(26,27)20-17(21)11-16(12-18(20)22)10-9-15-7-5-4-6-8-15/h4-8,11-12H,1-3H3,(H-,24,26,27)/p+1. The molecule has 1 unspecified atom stereocenters. The Kier molecular flexibility index (Phi) is 5.82. The zero-order valence-electron chi connectivity index (χ0n) is 15.5. The first kappa shape index (κ1) is 20.4. The van der Waals surface area contributed by atoms with Crippen molar-refractivity contribution >= 4 is 39.3 Å². The Morgan fingerprint density at radius 2 is 1.64 bits per heavy atom. The van der Waals surface area contributed by atoms with Crippen LogP contribution in [0.2, 0.25) is 10.0 Å². The number of nitrogens with zero attached hydrogens (tertiary/aromatic N) is 2. The molecular formula is C20H18Cl2N3O2S+. The lowest BCUT2D eigenvalue weighted by Gasteiger charge is -2.10. The van der Waals surface area contributed by atoms with E-state index < -0.39 is 10.4 Å². The number of nitrogens with one attached hydrogen (secondary N) is 1. The Bertz CT molecular complexity index is 1120. The molecule has 0 aliphatic carbocycles. The number of aryl methyl sites for hydroxylation is 2. The lowest BCUT2D eigenvalue weighted by atomic mass is 10.2. The third kappa shape index (κ3) is 4.23. The molecule has 1 aromatic heterocycles. The number of anilines is 1. The molecule has 2 N–H and O–H groups in total. The van der Waals surface area contributed by atoms with E-state index in [1.807, 2.05) is 30.3 Å². The highest BCUT2D eigenvalue weighted by Crippen LogP contribution is 2.35. The zero-order chi connectivity index (χ0) is 20.5. The summed E-state index contributed by atoms with van der Waals surface area (Å²) < 4.78 is 27.9. The molecule has 0 bridgehead atoms. The fourth-order valence-corrected chi connectivity index (χ4v) is 5.11. The maximum Gasteiger partial charge on any atom is 0.349 e. The van der Waals surface area contributed by atoms with Crippen LogP contribution in [0.15, 0.2) is 47.4 Å². The number of hydrogen-bond donors (Lipinski definition) is 2. The second kappa shape index (κ2) is 7.98. The minimum atomic E-state index is -3.76. The summed E-state index contributed by atoms with van der Waals surface area (Å²) in [5.74, 6) is 5.97. The molecule has 2 aromatic carbocycles. The normalized spacial score (nSPS) is 12.8. The molecule has 1 atom stereocenters. The zero-order valence-corrected chi connectivity index (χ0v) is 17.8. The first-order chi connectivity index (χ1) is 13.2. The summed E-state index contributed by atoms with van der Waals surface area (Å²) in [6.45, 7) is 3.54. The number of benzene rings is 2. The van der Waals surface area contributed by atoms with Crippen LogP contribution in [0.1, 0.15) is 22.5 Å². The second-order valence-electron chi connectivity index (χ2n) is 6.18. The van der Waals surface area contributed by atoms with E-state index in [0.29, 0.717) is 16.9 Å². The molecule has 8 heteroatoms. The third-order valence-electron chi connectivity index (χ3n) is 4.15. The Hall–Kier alpha value is -2.30. The Balaban J connectivity index is 1.96. The monoisotopic (exact) mass is 434 g/mol. The van der Waals surface area contributed by atoms with Crippen LogP contribution in [-0.2, 0) is 21.7 Å². The molecule has 0 aliphatic heterocycles. The summed E-state index contributed by atoms with van der Waals surface area (Å²) in [6.07, 6.45) is 0. The number of aromatic nitrogens is 2. The van der Waals surface area contributed by atoms with E-state index in [1.54, 1.807) is 25.6 Å². The van der Waals surface area contributed by atoms with E-state index in [1.165, 1.54) is 12.1 Å². The van der Waals surface area contributed by atoms with Gasteiger partial charge in [0.2, 0.25) is 0 Å². The molecule has 0 radical (unpaired) electrons. The van der Waals surface area contributed by atoms with Crippen LogP contribution < -0.4 is 4.72 Å². The summed E-state index contributed by atoms with van der Waals surface area (Å²) >= 11 is 12.6. The first-order valence-corrected chi connectivity index (χ1v) is 10.6. The van der Waals surface area contributed by atoms with Crippen LogP contribution in [0.3, 0.4) is 0 Å². The van der Waals surface area contributed by atoms with Gasteiger partial charge in [0.15, 0.2) is 0 Å². The predicted octanol–water partition coefficient (Wildman–Crippen LogP) is 5.10. The molecule has 0 spiro atoms. The minimum Gasteiger partial charge on any atom is -0.270 e. The van der Waals surface area contributed by atoms with Crippen LogP contribution in [-0.4, -0.2) is 14.3 Å². The van der Waals surface area contributed by atoms with Gasteiger partial charge in [0.25, 0.3) is 4.90 Å². The number of halogens is 2. The average Bonchev–Trinajstić information content (AvgIpc) is 2.86. The fraction of sp³-hybridized carbons (Fsp3) is 0.150. The maximum atomic E-state index is 13.0. The largest absolute Gasteiger partial charge is 0.349 e. The van der Waals surface area contributed by atoms with Crippen molar-refractivity contribution in [2.75, 3.05) is 4.72 Å². The quantitative estimate of drug-likeness (QED) is 0.444. The van der Waals surface area contributed by atoms with E-state index >= 15 is 0 Å². The van der Waals surface area contributed by atoms with E-state index in [4.69, 9.17) is 23.2 Å². The predicted molar refractivity (Wildman–Crippen MR) is 114 cm³/mol. The molecule has 0 fully saturated rings. The van der Waals surface area contributed by atoms with Gasteiger partial charge < -0.3 is 0 Å². The van der Waals surface area contributed by atoms with Gasteiger partial charge in [-0.25, -0.2) is 0 Å². The van der Waals surface area contributed by atoms with Crippen molar-refractivity contribution in [1.82, 2.24) is 9.78 Å². The van der Waals surface area contributed by atoms with Crippen molar-refractivity contribution in [3.05, 3.63) is 75.0 Å². The first-order valence-electron chi connectivity index (χ1n) is 8.30. The smallest absolute Gasteiger partial charge is 0.270 e. The van der Waals surface area contributed by atoms with Crippen molar-refractivity contribution < 1.29 is 8.76 Å². The van der Waals surface area contributed by atoms with Crippen molar-refractivity contribution in [1.29, 1.82) is 0 Å². The van der Waals surface area contributed by atoms with E-state index in [0.717, 1.165) is 11.3 Å². The van der Waals surface area contributed by atoms with Gasteiger partial charge >= 0.3 is 10.4 Å². The molecule has 28 heavy (non-hydrogen) atoms. The molecule has 0 saturated heterocycles. The van der Waals surface area contributed by atoms with Crippen LogP contribution in [0.4, 0.5) is 5.69 Å². The fourth-order valence-electron chi connectivity index (χ4n) is 2.67. The number of rotatable bonds is 3.